The molecule has 0 atom stereocenters. The fourth-order valence-electron chi connectivity index (χ4n) is 2.17. The molecule has 0 aliphatic carbocycles. The summed E-state index contributed by atoms with van der Waals surface area (Å²) in [5.41, 5.74) is 0.531. The van der Waals surface area contributed by atoms with Crippen molar-refractivity contribution in [1.29, 1.82) is 0 Å². The van der Waals surface area contributed by atoms with Gasteiger partial charge in [-0.1, -0.05) is 11.6 Å². The van der Waals surface area contributed by atoms with Crippen molar-refractivity contribution in [2.75, 3.05) is 18.5 Å². The maximum Gasteiger partial charge on any atom is 0.224 e. The van der Waals surface area contributed by atoms with Gasteiger partial charge in [-0.05, 0) is 43.4 Å². The zero-order valence-corrected chi connectivity index (χ0v) is 11.4. The van der Waals surface area contributed by atoms with Gasteiger partial charge in [0.25, 0.3) is 0 Å². The lowest BCUT2D eigenvalue weighted by Crippen LogP contribution is -2.18. The molecule has 0 saturated carbocycles. The molecule has 0 aromatic heterocycles. The van der Waals surface area contributed by atoms with Gasteiger partial charge in [-0.15, -0.1) is 0 Å². The molecule has 2 rings (SSSR count). The Morgan fingerprint density at radius 2 is 2.16 bits per heavy atom. The van der Waals surface area contributed by atoms with E-state index in [0.29, 0.717) is 18.0 Å². The van der Waals surface area contributed by atoms with Crippen LogP contribution in [0.2, 0.25) is 5.02 Å². The van der Waals surface area contributed by atoms with E-state index in [1.54, 1.807) is 0 Å². The Labute approximate surface area is 117 Å². The van der Waals surface area contributed by atoms with Gasteiger partial charge in [0.15, 0.2) is 0 Å². The fourth-order valence-corrected chi connectivity index (χ4v) is 2.35. The molecule has 1 aliphatic rings. The standard InChI is InChI=1S/C14H17ClFNO2/c15-12-9-11(2-3-13(12)16)17-14(18)4-1-10-5-7-19-8-6-10/h2-3,9-10H,1,4-8H2,(H,17,18). The molecule has 1 saturated heterocycles. The number of halogens is 2. The largest absolute Gasteiger partial charge is 0.381 e. The molecule has 3 nitrogen and oxygen atoms in total. The molecule has 1 aliphatic heterocycles. The molecule has 1 N–H and O–H groups in total. The first-order valence-electron chi connectivity index (χ1n) is 6.48. The van der Waals surface area contributed by atoms with Gasteiger partial charge < -0.3 is 10.1 Å². The number of benzene rings is 1. The van der Waals surface area contributed by atoms with E-state index < -0.39 is 5.82 Å². The summed E-state index contributed by atoms with van der Waals surface area (Å²) >= 11 is 5.66. The summed E-state index contributed by atoms with van der Waals surface area (Å²) < 4.78 is 18.2. The average Bonchev–Trinajstić information content (AvgIpc) is 2.42. The van der Waals surface area contributed by atoms with Crippen LogP contribution < -0.4 is 5.32 Å². The van der Waals surface area contributed by atoms with Gasteiger partial charge in [-0.2, -0.15) is 0 Å². The van der Waals surface area contributed by atoms with Crippen LogP contribution in [0.15, 0.2) is 18.2 Å². The Morgan fingerprint density at radius 3 is 2.84 bits per heavy atom. The lowest BCUT2D eigenvalue weighted by Gasteiger charge is -2.21. The smallest absolute Gasteiger partial charge is 0.224 e. The molecule has 1 aromatic rings. The summed E-state index contributed by atoms with van der Waals surface area (Å²) in [6.45, 7) is 1.58. The number of nitrogens with one attached hydrogen (secondary N) is 1. The second kappa shape index (κ2) is 6.87. The fraction of sp³-hybridized carbons (Fsp3) is 0.500. The van der Waals surface area contributed by atoms with E-state index in [0.717, 1.165) is 32.5 Å². The van der Waals surface area contributed by atoms with Crippen LogP contribution in [-0.4, -0.2) is 19.1 Å². The Bertz CT molecular complexity index is 447. The van der Waals surface area contributed by atoms with Gasteiger partial charge in [0.2, 0.25) is 5.91 Å². The zero-order chi connectivity index (χ0) is 13.7. The van der Waals surface area contributed by atoms with Crippen molar-refractivity contribution < 1.29 is 13.9 Å². The van der Waals surface area contributed by atoms with Crippen LogP contribution in [0.3, 0.4) is 0 Å². The predicted molar refractivity (Wildman–Crippen MR) is 72.8 cm³/mol. The number of anilines is 1. The first kappa shape index (κ1) is 14.3. The normalized spacial score (nSPS) is 16.3. The molecular formula is C14H17ClFNO2. The summed E-state index contributed by atoms with van der Waals surface area (Å²) in [6, 6.07) is 4.17. The monoisotopic (exact) mass is 285 g/mol. The van der Waals surface area contributed by atoms with Gasteiger partial charge >= 0.3 is 0 Å². The van der Waals surface area contributed by atoms with Crippen LogP contribution >= 0.6 is 11.6 Å². The third-order valence-electron chi connectivity index (χ3n) is 3.32. The maximum atomic E-state index is 13.0. The first-order chi connectivity index (χ1) is 9.15. The maximum absolute atomic E-state index is 13.0. The van der Waals surface area contributed by atoms with Crippen LogP contribution in [0.25, 0.3) is 0 Å². The lowest BCUT2D eigenvalue weighted by atomic mass is 9.95. The second-order valence-electron chi connectivity index (χ2n) is 4.77. The Balaban J connectivity index is 1.78. The number of carbonyl (C=O) groups is 1. The Morgan fingerprint density at radius 1 is 1.42 bits per heavy atom. The molecule has 5 heteroatoms. The lowest BCUT2D eigenvalue weighted by molar-refractivity contribution is -0.116. The summed E-state index contributed by atoms with van der Waals surface area (Å²) in [6.07, 6.45) is 3.38. The minimum Gasteiger partial charge on any atom is -0.381 e. The molecule has 0 spiro atoms. The van der Waals surface area contributed by atoms with E-state index in [9.17, 15) is 9.18 Å². The number of hydrogen-bond acceptors (Lipinski definition) is 2. The molecule has 19 heavy (non-hydrogen) atoms. The number of carbonyl (C=O) groups excluding carboxylic acids is 1. The number of rotatable bonds is 4. The minimum absolute atomic E-state index is 0.0160. The van der Waals surface area contributed by atoms with E-state index in [2.05, 4.69) is 5.32 Å². The minimum atomic E-state index is -0.484. The molecule has 1 amide bonds. The van der Waals surface area contributed by atoms with Gasteiger partial charge in [0.1, 0.15) is 5.82 Å². The highest BCUT2D eigenvalue weighted by Crippen LogP contribution is 2.22. The Hall–Kier alpha value is -1.13. The van der Waals surface area contributed by atoms with Crippen molar-refractivity contribution in [3.05, 3.63) is 29.0 Å². The molecule has 1 fully saturated rings. The topological polar surface area (TPSA) is 38.3 Å². The molecule has 104 valence electrons. The zero-order valence-electron chi connectivity index (χ0n) is 10.6. The summed E-state index contributed by atoms with van der Waals surface area (Å²) in [5.74, 6) is 0.0207. The summed E-state index contributed by atoms with van der Waals surface area (Å²) in [7, 11) is 0. The second-order valence-corrected chi connectivity index (χ2v) is 5.18. The van der Waals surface area contributed by atoms with Crippen LogP contribution in [0.4, 0.5) is 10.1 Å². The van der Waals surface area contributed by atoms with Crippen molar-refractivity contribution in [3.63, 3.8) is 0 Å². The van der Waals surface area contributed by atoms with E-state index in [1.807, 2.05) is 0 Å². The van der Waals surface area contributed by atoms with Crippen molar-refractivity contribution in [3.8, 4) is 0 Å². The molecule has 0 bridgehead atoms. The van der Waals surface area contributed by atoms with E-state index >= 15 is 0 Å². The van der Waals surface area contributed by atoms with E-state index in [4.69, 9.17) is 16.3 Å². The summed E-state index contributed by atoms with van der Waals surface area (Å²) in [4.78, 5) is 11.8. The van der Waals surface area contributed by atoms with Crippen LogP contribution in [0, 0.1) is 11.7 Å². The molecule has 0 radical (unpaired) electrons. The van der Waals surface area contributed by atoms with E-state index in [1.165, 1.54) is 18.2 Å². The van der Waals surface area contributed by atoms with Crippen LogP contribution in [0.5, 0.6) is 0 Å². The van der Waals surface area contributed by atoms with Crippen molar-refractivity contribution in [2.45, 2.75) is 25.7 Å². The number of ether oxygens (including phenoxy) is 1. The first-order valence-corrected chi connectivity index (χ1v) is 6.85. The third kappa shape index (κ3) is 4.48. The van der Waals surface area contributed by atoms with Crippen molar-refractivity contribution in [2.24, 2.45) is 5.92 Å². The third-order valence-corrected chi connectivity index (χ3v) is 3.61. The highest BCUT2D eigenvalue weighted by atomic mass is 35.5. The Kier molecular flexibility index (Phi) is 5.16. The van der Waals surface area contributed by atoms with Gasteiger partial charge in [-0.3, -0.25) is 4.79 Å². The van der Waals surface area contributed by atoms with Gasteiger partial charge in [0.05, 0.1) is 5.02 Å². The molecule has 1 aromatic carbocycles. The van der Waals surface area contributed by atoms with Crippen LogP contribution in [-0.2, 0) is 9.53 Å². The number of amides is 1. The average molecular weight is 286 g/mol. The van der Waals surface area contributed by atoms with Gasteiger partial charge in [-0.25, -0.2) is 4.39 Å². The molecule has 0 unspecified atom stereocenters. The highest BCUT2D eigenvalue weighted by molar-refractivity contribution is 6.31. The highest BCUT2D eigenvalue weighted by Gasteiger charge is 2.15. The SMILES string of the molecule is O=C(CCC1CCOCC1)Nc1ccc(F)c(Cl)c1. The predicted octanol–water partition coefficient (Wildman–Crippen LogP) is 3.62. The van der Waals surface area contributed by atoms with Crippen molar-refractivity contribution >= 4 is 23.2 Å². The molecular weight excluding hydrogens is 269 g/mol. The summed E-state index contributed by atoms with van der Waals surface area (Å²) in [5, 5.41) is 2.74. The van der Waals surface area contributed by atoms with Gasteiger partial charge in [0, 0.05) is 25.3 Å². The quantitative estimate of drug-likeness (QED) is 0.917. The van der Waals surface area contributed by atoms with Crippen LogP contribution in [0.1, 0.15) is 25.7 Å². The van der Waals surface area contributed by atoms with E-state index in [-0.39, 0.29) is 10.9 Å². The van der Waals surface area contributed by atoms with Crippen molar-refractivity contribution in [1.82, 2.24) is 0 Å². The number of hydrogen-bond donors (Lipinski definition) is 1. The molecule has 1 heterocycles.